The molecule has 0 bridgehead atoms. The van der Waals surface area contributed by atoms with Crippen LogP contribution in [0, 0.1) is 11.8 Å². The van der Waals surface area contributed by atoms with E-state index in [1.807, 2.05) is 0 Å². The van der Waals surface area contributed by atoms with Gasteiger partial charge in [-0.05, 0) is 18.8 Å². The standard InChI is InChI=1S/C11H23NO/c1-8(2)6-12-7-13-11(9(3)4)10(12)5/h8-11H,6-7H2,1-5H3/t10?,11-/m1/s1. The lowest BCUT2D eigenvalue weighted by Gasteiger charge is -2.25. The molecule has 0 spiro atoms. The van der Waals surface area contributed by atoms with E-state index >= 15 is 0 Å². The summed E-state index contributed by atoms with van der Waals surface area (Å²) in [5.74, 6) is 1.36. The summed E-state index contributed by atoms with van der Waals surface area (Å²) in [5, 5.41) is 0. The van der Waals surface area contributed by atoms with Crippen LogP contribution in [0.1, 0.15) is 34.6 Å². The SMILES string of the molecule is CC(C)CN1CO[C@H](C(C)C)C1C. The zero-order chi connectivity index (χ0) is 10.0. The molecule has 1 unspecified atom stereocenters. The summed E-state index contributed by atoms with van der Waals surface area (Å²) in [4.78, 5) is 2.44. The van der Waals surface area contributed by atoms with Gasteiger partial charge in [0.1, 0.15) is 0 Å². The lowest BCUT2D eigenvalue weighted by Crippen LogP contribution is -2.36. The van der Waals surface area contributed by atoms with Crippen molar-refractivity contribution in [2.75, 3.05) is 13.3 Å². The Morgan fingerprint density at radius 3 is 2.31 bits per heavy atom. The normalized spacial score (nSPS) is 30.7. The van der Waals surface area contributed by atoms with Gasteiger partial charge < -0.3 is 4.74 Å². The van der Waals surface area contributed by atoms with Gasteiger partial charge >= 0.3 is 0 Å². The van der Waals surface area contributed by atoms with Crippen LogP contribution in [0.15, 0.2) is 0 Å². The summed E-state index contributed by atoms with van der Waals surface area (Å²) in [5.41, 5.74) is 0. The van der Waals surface area contributed by atoms with Gasteiger partial charge in [-0.25, -0.2) is 0 Å². The molecule has 2 nitrogen and oxygen atoms in total. The summed E-state index contributed by atoms with van der Waals surface area (Å²) < 4.78 is 5.77. The highest BCUT2D eigenvalue weighted by Gasteiger charge is 2.33. The number of hydrogen-bond acceptors (Lipinski definition) is 2. The van der Waals surface area contributed by atoms with Crippen molar-refractivity contribution in [1.29, 1.82) is 0 Å². The van der Waals surface area contributed by atoms with Gasteiger partial charge in [0.25, 0.3) is 0 Å². The number of nitrogens with zero attached hydrogens (tertiary/aromatic N) is 1. The second kappa shape index (κ2) is 4.43. The van der Waals surface area contributed by atoms with Crippen LogP contribution in [0.5, 0.6) is 0 Å². The second-order valence-electron chi connectivity index (χ2n) is 4.91. The summed E-state index contributed by atoms with van der Waals surface area (Å²) in [6.07, 6.45) is 0.429. The molecule has 1 saturated heterocycles. The van der Waals surface area contributed by atoms with Gasteiger partial charge in [-0.3, -0.25) is 4.90 Å². The van der Waals surface area contributed by atoms with E-state index in [9.17, 15) is 0 Å². The molecule has 0 radical (unpaired) electrons. The third-order valence-electron chi connectivity index (χ3n) is 2.74. The minimum atomic E-state index is 0.429. The van der Waals surface area contributed by atoms with Crippen molar-refractivity contribution in [3.63, 3.8) is 0 Å². The van der Waals surface area contributed by atoms with E-state index in [4.69, 9.17) is 4.74 Å². The highest BCUT2D eigenvalue weighted by molar-refractivity contribution is 4.82. The minimum Gasteiger partial charge on any atom is -0.361 e. The summed E-state index contributed by atoms with van der Waals surface area (Å²) >= 11 is 0. The van der Waals surface area contributed by atoms with Crippen molar-refractivity contribution in [2.45, 2.75) is 46.8 Å². The molecule has 78 valence electrons. The molecule has 1 heterocycles. The van der Waals surface area contributed by atoms with Crippen LogP contribution >= 0.6 is 0 Å². The second-order valence-corrected chi connectivity index (χ2v) is 4.91. The molecule has 1 aliphatic heterocycles. The Labute approximate surface area is 82.3 Å². The van der Waals surface area contributed by atoms with Gasteiger partial charge in [-0.1, -0.05) is 27.7 Å². The fourth-order valence-corrected chi connectivity index (χ4v) is 2.08. The smallest absolute Gasteiger partial charge is 0.0998 e. The van der Waals surface area contributed by atoms with Crippen molar-refractivity contribution in [1.82, 2.24) is 4.90 Å². The first-order chi connectivity index (χ1) is 6.02. The Balaban J connectivity index is 2.45. The van der Waals surface area contributed by atoms with Gasteiger partial charge in [0.05, 0.1) is 12.8 Å². The third-order valence-corrected chi connectivity index (χ3v) is 2.74. The molecule has 0 aromatic carbocycles. The number of ether oxygens (including phenoxy) is 1. The first kappa shape index (κ1) is 11.0. The van der Waals surface area contributed by atoms with Crippen LogP contribution < -0.4 is 0 Å². The van der Waals surface area contributed by atoms with Gasteiger partial charge in [-0.15, -0.1) is 0 Å². The van der Waals surface area contributed by atoms with Crippen molar-refractivity contribution < 1.29 is 4.74 Å². The fourth-order valence-electron chi connectivity index (χ4n) is 2.08. The van der Waals surface area contributed by atoms with E-state index in [0.717, 1.165) is 19.2 Å². The molecule has 0 aliphatic carbocycles. The van der Waals surface area contributed by atoms with Gasteiger partial charge in [0, 0.05) is 12.6 Å². The van der Waals surface area contributed by atoms with Crippen LogP contribution in [0.2, 0.25) is 0 Å². The minimum absolute atomic E-state index is 0.429. The number of hydrogen-bond donors (Lipinski definition) is 0. The predicted molar refractivity (Wildman–Crippen MR) is 55.6 cm³/mol. The Morgan fingerprint density at radius 2 is 1.92 bits per heavy atom. The van der Waals surface area contributed by atoms with Gasteiger partial charge in [0.2, 0.25) is 0 Å². The average molecular weight is 185 g/mol. The van der Waals surface area contributed by atoms with Gasteiger partial charge in [0.15, 0.2) is 0 Å². The summed E-state index contributed by atoms with van der Waals surface area (Å²) in [6, 6.07) is 0.586. The highest BCUT2D eigenvalue weighted by Crippen LogP contribution is 2.23. The molecule has 1 rings (SSSR count). The monoisotopic (exact) mass is 185 g/mol. The van der Waals surface area contributed by atoms with Crippen LogP contribution in [0.25, 0.3) is 0 Å². The van der Waals surface area contributed by atoms with Crippen molar-refractivity contribution >= 4 is 0 Å². The van der Waals surface area contributed by atoms with E-state index in [1.54, 1.807) is 0 Å². The molecule has 0 aromatic heterocycles. The summed E-state index contributed by atoms with van der Waals surface area (Å²) in [7, 11) is 0. The first-order valence-electron chi connectivity index (χ1n) is 5.38. The largest absolute Gasteiger partial charge is 0.361 e. The van der Waals surface area contributed by atoms with Crippen molar-refractivity contribution in [3.05, 3.63) is 0 Å². The Kier molecular flexibility index (Phi) is 3.74. The van der Waals surface area contributed by atoms with Crippen molar-refractivity contribution in [3.8, 4) is 0 Å². The Hall–Kier alpha value is -0.0800. The topological polar surface area (TPSA) is 12.5 Å². The van der Waals surface area contributed by atoms with Crippen LogP contribution in [0.3, 0.4) is 0 Å². The molecule has 0 N–H and O–H groups in total. The van der Waals surface area contributed by atoms with Gasteiger partial charge in [-0.2, -0.15) is 0 Å². The van der Waals surface area contributed by atoms with E-state index in [0.29, 0.717) is 18.1 Å². The maximum absolute atomic E-state index is 5.77. The zero-order valence-corrected chi connectivity index (χ0v) is 9.58. The lowest BCUT2D eigenvalue weighted by atomic mass is 10.0. The quantitative estimate of drug-likeness (QED) is 0.669. The molecule has 0 saturated carbocycles. The maximum atomic E-state index is 5.77. The molecular formula is C11H23NO. The fraction of sp³-hybridized carbons (Fsp3) is 1.00. The molecule has 2 heteroatoms. The van der Waals surface area contributed by atoms with E-state index in [1.165, 1.54) is 0 Å². The van der Waals surface area contributed by atoms with E-state index in [-0.39, 0.29) is 0 Å². The Morgan fingerprint density at radius 1 is 1.31 bits per heavy atom. The van der Waals surface area contributed by atoms with E-state index in [2.05, 4.69) is 39.5 Å². The lowest BCUT2D eigenvalue weighted by molar-refractivity contribution is 0.0601. The average Bonchev–Trinajstić information content (AvgIpc) is 2.32. The maximum Gasteiger partial charge on any atom is 0.0998 e. The molecule has 1 fully saturated rings. The third kappa shape index (κ3) is 2.68. The molecule has 0 amide bonds. The molecule has 0 aromatic rings. The number of rotatable bonds is 3. The van der Waals surface area contributed by atoms with Crippen LogP contribution in [0.4, 0.5) is 0 Å². The molecule has 1 aliphatic rings. The highest BCUT2D eigenvalue weighted by atomic mass is 16.5. The van der Waals surface area contributed by atoms with Crippen LogP contribution in [-0.2, 0) is 4.74 Å². The molecule has 13 heavy (non-hydrogen) atoms. The molecule has 2 atom stereocenters. The van der Waals surface area contributed by atoms with Crippen molar-refractivity contribution in [2.24, 2.45) is 11.8 Å². The Bertz CT molecular complexity index is 156. The summed E-state index contributed by atoms with van der Waals surface area (Å²) in [6.45, 7) is 13.2. The molecular weight excluding hydrogens is 162 g/mol. The predicted octanol–water partition coefficient (Wildman–Crippen LogP) is 2.35. The van der Waals surface area contributed by atoms with E-state index < -0.39 is 0 Å². The first-order valence-corrected chi connectivity index (χ1v) is 5.38. The zero-order valence-electron chi connectivity index (χ0n) is 9.58. The van der Waals surface area contributed by atoms with Crippen LogP contribution in [-0.4, -0.2) is 30.3 Å².